The van der Waals surface area contributed by atoms with Crippen LogP contribution in [0.1, 0.15) is 11.3 Å². The standard InChI is InChI=1S/C16H16N4/c1-11-15(13-5-7-18-8-6-13)20-16(19-11)14-4-2-3-12(9-14)10-17/h2-9H,10,17H2,1H3,(H,19,20). The Morgan fingerprint density at radius 2 is 1.90 bits per heavy atom. The van der Waals surface area contributed by atoms with Crippen molar-refractivity contribution in [3.8, 4) is 22.6 Å². The van der Waals surface area contributed by atoms with Crippen molar-refractivity contribution in [2.45, 2.75) is 13.5 Å². The van der Waals surface area contributed by atoms with Gasteiger partial charge in [-0.2, -0.15) is 0 Å². The number of pyridine rings is 1. The molecule has 0 atom stereocenters. The van der Waals surface area contributed by atoms with Gasteiger partial charge in [0.15, 0.2) is 0 Å². The summed E-state index contributed by atoms with van der Waals surface area (Å²) in [5.74, 6) is 0.865. The normalized spacial score (nSPS) is 10.7. The monoisotopic (exact) mass is 264 g/mol. The lowest BCUT2D eigenvalue weighted by molar-refractivity contribution is 1.07. The van der Waals surface area contributed by atoms with Gasteiger partial charge < -0.3 is 10.7 Å². The first-order valence-electron chi connectivity index (χ1n) is 6.54. The molecule has 0 saturated heterocycles. The van der Waals surface area contributed by atoms with Gasteiger partial charge in [-0.1, -0.05) is 18.2 Å². The predicted molar refractivity (Wildman–Crippen MR) is 79.9 cm³/mol. The number of aryl methyl sites for hydroxylation is 1. The number of H-pyrrole nitrogens is 1. The summed E-state index contributed by atoms with van der Waals surface area (Å²) in [7, 11) is 0. The fourth-order valence-electron chi connectivity index (χ4n) is 2.23. The van der Waals surface area contributed by atoms with Gasteiger partial charge in [-0.15, -0.1) is 0 Å². The zero-order valence-electron chi connectivity index (χ0n) is 11.3. The highest BCUT2D eigenvalue weighted by molar-refractivity contribution is 5.67. The highest BCUT2D eigenvalue weighted by Crippen LogP contribution is 2.25. The van der Waals surface area contributed by atoms with Crippen LogP contribution < -0.4 is 5.73 Å². The van der Waals surface area contributed by atoms with Crippen molar-refractivity contribution in [3.63, 3.8) is 0 Å². The minimum absolute atomic E-state index is 0.532. The summed E-state index contributed by atoms with van der Waals surface area (Å²) in [6.07, 6.45) is 3.55. The Morgan fingerprint density at radius 3 is 2.65 bits per heavy atom. The molecule has 0 aliphatic heterocycles. The third-order valence-electron chi connectivity index (χ3n) is 3.27. The van der Waals surface area contributed by atoms with Gasteiger partial charge in [0.2, 0.25) is 0 Å². The van der Waals surface area contributed by atoms with Crippen LogP contribution in [-0.2, 0) is 6.54 Å². The Labute approximate surface area is 117 Å². The maximum atomic E-state index is 5.69. The molecule has 2 aromatic heterocycles. The Kier molecular flexibility index (Phi) is 3.31. The Bertz CT molecular complexity index is 716. The summed E-state index contributed by atoms with van der Waals surface area (Å²) in [5, 5.41) is 0. The number of benzene rings is 1. The maximum Gasteiger partial charge on any atom is 0.138 e. The summed E-state index contributed by atoms with van der Waals surface area (Å²) >= 11 is 0. The number of nitrogens with zero attached hydrogens (tertiary/aromatic N) is 2. The van der Waals surface area contributed by atoms with E-state index in [4.69, 9.17) is 10.7 Å². The molecular weight excluding hydrogens is 248 g/mol. The zero-order chi connectivity index (χ0) is 13.9. The first kappa shape index (κ1) is 12.6. The lowest BCUT2D eigenvalue weighted by Crippen LogP contribution is -1.96. The van der Waals surface area contributed by atoms with E-state index in [1.54, 1.807) is 12.4 Å². The summed E-state index contributed by atoms with van der Waals surface area (Å²) in [6.45, 7) is 2.56. The van der Waals surface area contributed by atoms with Crippen molar-refractivity contribution < 1.29 is 0 Å². The Balaban J connectivity index is 2.04. The van der Waals surface area contributed by atoms with Crippen molar-refractivity contribution in [3.05, 3.63) is 60.0 Å². The van der Waals surface area contributed by atoms with Gasteiger partial charge in [0.05, 0.1) is 5.69 Å². The molecule has 0 unspecified atom stereocenters. The highest BCUT2D eigenvalue weighted by atomic mass is 14.9. The van der Waals surface area contributed by atoms with Crippen LogP contribution >= 0.6 is 0 Å². The molecule has 0 saturated carbocycles. The van der Waals surface area contributed by atoms with Gasteiger partial charge in [-0.3, -0.25) is 4.98 Å². The number of aromatic nitrogens is 3. The molecule has 100 valence electrons. The van der Waals surface area contributed by atoms with E-state index >= 15 is 0 Å². The molecule has 3 N–H and O–H groups in total. The molecule has 3 rings (SSSR count). The minimum atomic E-state index is 0.532. The number of nitrogens with two attached hydrogens (primary N) is 1. The van der Waals surface area contributed by atoms with Crippen molar-refractivity contribution in [2.24, 2.45) is 5.73 Å². The van der Waals surface area contributed by atoms with Crippen LogP contribution in [0.4, 0.5) is 0 Å². The fraction of sp³-hybridized carbons (Fsp3) is 0.125. The van der Waals surface area contributed by atoms with Crippen LogP contribution in [0, 0.1) is 6.92 Å². The smallest absolute Gasteiger partial charge is 0.138 e. The van der Waals surface area contributed by atoms with Gasteiger partial charge in [-0.05, 0) is 30.7 Å². The van der Waals surface area contributed by atoms with Crippen LogP contribution in [-0.4, -0.2) is 15.0 Å². The average molecular weight is 264 g/mol. The lowest BCUT2D eigenvalue weighted by Gasteiger charge is -2.00. The number of hydrogen-bond donors (Lipinski definition) is 2. The second-order valence-electron chi connectivity index (χ2n) is 4.70. The van der Waals surface area contributed by atoms with Gasteiger partial charge >= 0.3 is 0 Å². The van der Waals surface area contributed by atoms with E-state index in [1.165, 1.54) is 0 Å². The van der Waals surface area contributed by atoms with Crippen molar-refractivity contribution in [1.29, 1.82) is 0 Å². The number of nitrogens with one attached hydrogen (secondary N) is 1. The summed E-state index contributed by atoms with van der Waals surface area (Å²) < 4.78 is 0. The molecule has 4 nitrogen and oxygen atoms in total. The molecule has 4 heteroatoms. The van der Waals surface area contributed by atoms with Gasteiger partial charge in [-0.25, -0.2) is 4.98 Å². The van der Waals surface area contributed by atoms with Crippen LogP contribution in [0.3, 0.4) is 0 Å². The van der Waals surface area contributed by atoms with Crippen LogP contribution in [0.2, 0.25) is 0 Å². The molecule has 2 heterocycles. The molecular formula is C16H16N4. The van der Waals surface area contributed by atoms with Crippen molar-refractivity contribution in [2.75, 3.05) is 0 Å². The molecule has 1 aromatic carbocycles. The van der Waals surface area contributed by atoms with Crippen LogP contribution in [0.25, 0.3) is 22.6 Å². The van der Waals surface area contributed by atoms with E-state index in [1.807, 2.05) is 37.3 Å². The second-order valence-corrected chi connectivity index (χ2v) is 4.70. The summed E-state index contributed by atoms with van der Waals surface area (Å²) in [5.41, 5.74) is 10.9. The first-order valence-corrected chi connectivity index (χ1v) is 6.54. The molecule has 3 aromatic rings. The number of aromatic amines is 1. The highest BCUT2D eigenvalue weighted by Gasteiger charge is 2.10. The molecule has 0 amide bonds. The third kappa shape index (κ3) is 2.33. The molecule has 0 spiro atoms. The van der Waals surface area contributed by atoms with E-state index in [-0.39, 0.29) is 0 Å². The SMILES string of the molecule is Cc1[nH]c(-c2cccc(CN)c2)nc1-c1ccncc1. The van der Waals surface area contributed by atoms with Crippen molar-refractivity contribution in [1.82, 2.24) is 15.0 Å². The molecule has 0 bridgehead atoms. The second kappa shape index (κ2) is 5.27. The van der Waals surface area contributed by atoms with E-state index in [2.05, 4.69) is 16.0 Å². The van der Waals surface area contributed by atoms with Crippen LogP contribution in [0.5, 0.6) is 0 Å². The topological polar surface area (TPSA) is 67.6 Å². The largest absolute Gasteiger partial charge is 0.342 e. The third-order valence-corrected chi connectivity index (χ3v) is 3.27. The minimum Gasteiger partial charge on any atom is -0.342 e. The maximum absolute atomic E-state index is 5.69. The summed E-state index contributed by atoms with van der Waals surface area (Å²) in [4.78, 5) is 12.1. The van der Waals surface area contributed by atoms with E-state index in [0.29, 0.717) is 6.54 Å². The number of imidazole rings is 1. The molecule has 0 aliphatic rings. The zero-order valence-corrected chi connectivity index (χ0v) is 11.3. The van der Waals surface area contributed by atoms with E-state index in [9.17, 15) is 0 Å². The fourth-order valence-corrected chi connectivity index (χ4v) is 2.23. The van der Waals surface area contributed by atoms with Crippen LogP contribution in [0.15, 0.2) is 48.8 Å². The van der Waals surface area contributed by atoms with Gasteiger partial charge in [0, 0.05) is 35.8 Å². The summed E-state index contributed by atoms with van der Waals surface area (Å²) in [6, 6.07) is 12.0. The van der Waals surface area contributed by atoms with Crippen molar-refractivity contribution >= 4 is 0 Å². The quantitative estimate of drug-likeness (QED) is 0.764. The van der Waals surface area contributed by atoms with E-state index < -0.39 is 0 Å². The molecule has 0 aliphatic carbocycles. The first-order chi connectivity index (χ1) is 9.78. The average Bonchev–Trinajstić information content (AvgIpc) is 2.90. The molecule has 20 heavy (non-hydrogen) atoms. The molecule has 0 fully saturated rings. The number of hydrogen-bond acceptors (Lipinski definition) is 3. The lowest BCUT2D eigenvalue weighted by atomic mass is 10.1. The van der Waals surface area contributed by atoms with Gasteiger partial charge in [0.1, 0.15) is 5.82 Å². The number of rotatable bonds is 3. The predicted octanol–water partition coefficient (Wildman–Crippen LogP) is 2.91. The molecule has 0 radical (unpaired) electrons. The van der Waals surface area contributed by atoms with E-state index in [0.717, 1.165) is 33.9 Å². The van der Waals surface area contributed by atoms with Gasteiger partial charge in [0.25, 0.3) is 0 Å². The Morgan fingerprint density at radius 1 is 1.10 bits per heavy atom. The Hall–Kier alpha value is -2.46.